The van der Waals surface area contributed by atoms with Gasteiger partial charge in [-0.25, -0.2) is 0 Å². The summed E-state index contributed by atoms with van der Waals surface area (Å²) < 4.78 is 0. The maximum Gasteiger partial charge on any atom is 0.0396 e. The van der Waals surface area contributed by atoms with Crippen LogP contribution in [0.3, 0.4) is 0 Å². The molecular formula is C12H21ClN2. The van der Waals surface area contributed by atoms with E-state index in [2.05, 4.69) is 44.0 Å². The van der Waals surface area contributed by atoms with Crippen molar-refractivity contribution in [3.05, 3.63) is 29.3 Å². The molecule has 0 aliphatic carbocycles. The molecule has 0 amide bonds. The third kappa shape index (κ3) is 3.73. The minimum absolute atomic E-state index is 0. The number of halogens is 1. The first kappa shape index (κ1) is 14.3. The predicted octanol–water partition coefficient (Wildman–Crippen LogP) is 2.51. The second kappa shape index (κ2) is 5.99. The summed E-state index contributed by atoms with van der Waals surface area (Å²) in [4.78, 5) is 2.22. The number of anilines is 1. The number of nitrogens with two attached hydrogens (primary N) is 1. The zero-order valence-corrected chi connectivity index (χ0v) is 10.8. The second-order valence-electron chi connectivity index (χ2n) is 4.08. The van der Waals surface area contributed by atoms with E-state index in [4.69, 9.17) is 5.73 Å². The van der Waals surface area contributed by atoms with Crippen molar-refractivity contribution in [2.24, 2.45) is 5.73 Å². The van der Waals surface area contributed by atoms with Gasteiger partial charge in [-0.3, -0.25) is 0 Å². The summed E-state index contributed by atoms with van der Waals surface area (Å²) in [5.74, 6) is 0. The Hall–Kier alpha value is -0.730. The van der Waals surface area contributed by atoms with Crippen LogP contribution in [0.4, 0.5) is 5.69 Å². The molecule has 1 unspecified atom stereocenters. The zero-order valence-electron chi connectivity index (χ0n) is 9.95. The summed E-state index contributed by atoms with van der Waals surface area (Å²) in [5, 5.41) is 0. The van der Waals surface area contributed by atoms with E-state index < -0.39 is 0 Å². The lowest BCUT2D eigenvalue weighted by Gasteiger charge is -2.24. The highest BCUT2D eigenvalue weighted by Gasteiger charge is 2.07. The van der Waals surface area contributed by atoms with Gasteiger partial charge in [0.15, 0.2) is 0 Å². The normalized spacial score (nSPS) is 11.8. The molecule has 1 atom stereocenters. The topological polar surface area (TPSA) is 29.3 Å². The van der Waals surface area contributed by atoms with Gasteiger partial charge in [0.1, 0.15) is 0 Å². The minimum atomic E-state index is 0. The van der Waals surface area contributed by atoms with Crippen LogP contribution in [0.1, 0.15) is 18.1 Å². The highest BCUT2D eigenvalue weighted by molar-refractivity contribution is 5.85. The highest BCUT2D eigenvalue weighted by atomic mass is 35.5. The minimum Gasteiger partial charge on any atom is -0.373 e. The van der Waals surface area contributed by atoms with Gasteiger partial charge in [-0.2, -0.15) is 0 Å². The van der Waals surface area contributed by atoms with Crippen LogP contribution < -0.4 is 10.6 Å². The molecule has 0 aliphatic heterocycles. The van der Waals surface area contributed by atoms with Crippen LogP contribution >= 0.6 is 12.4 Å². The quantitative estimate of drug-likeness (QED) is 0.862. The molecule has 1 rings (SSSR count). The maximum absolute atomic E-state index is 5.78. The first-order valence-electron chi connectivity index (χ1n) is 5.05. The van der Waals surface area contributed by atoms with E-state index in [-0.39, 0.29) is 18.4 Å². The highest BCUT2D eigenvalue weighted by Crippen LogP contribution is 2.21. The zero-order chi connectivity index (χ0) is 10.7. The largest absolute Gasteiger partial charge is 0.373 e. The van der Waals surface area contributed by atoms with Crippen molar-refractivity contribution < 1.29 is 0 Å². The Bertz CT molecular complexity index is 310. The van der Waals surface area contributed by atoms with E-state index in [9.17, 15) is 0 Å². The van der Waals surface area contributed by atoms with E-state index in [0.717, 1.165) is 6.54 Å². The van der Waals surface area contributed by atoms with Crippen LogP contribution in [0, 0.1) is 13.8 Å². The Morgan fingerprint density at radius 2 is 1.93 bits per heavy atom. The Labute approximate surface area is 98.9 Å². The maximum atomic E-state index is 5.78. The van der Waals surface area contributed by atoms with Gasteiger partial charge in [-0.1, -0.05) is 12.1 Å². The lowest BCUT2D eigenvalue weighted by molar-refractivity contribution is 0.716. The SMILES string of the molecule is Cc1cccc(N(C)CC(C)N)c1C.Cl. The second-order valence-corrected chi connectivity index (χ2v) is 4.08. The molecule has 0 bridgehead atoms. The van der Waals surface area contributed by atoms with Crippen molar-refractivity contribution in [3.63, 3.8) is 0 Å². The molecule has 0 saturated heterocycles. The molecule has 2 N–H and O–H groups in total. The first-order valence-corrected chi connectivity index (χ1v) is 5.05. The molecule has 0 radical (unpaired) electrons. The molecule has 0 aliphatic rings. The van der Waals surface area contributed by atoms with E-state index in [1.165, 1.54) is 16.8 Å². The Morgan fingerprint density at radius 3 is 2.47 bits per heavy atom. The van der Waals surface area contributed by atoms with E-state index >= 15 is 0 Å². The van der Waals surface area contributed by atoms with Crippen LogP contribution in [-0.4, -0.2) is 19.6 Å². The molecule has 0 saturated carbocycles. The Kier molecular flexibility index (Phi) is 5.69. The molecular weight excluding hydrogens is 208 g/mol. The van der Waals surface area contributed by atoms with E-state index in [0.29, 0.717) is 0 Å². The monoisotopic (exact) mass is 228 g/mol. The lowest BCUT2D eigenvalue weighted by atomic mass is 10.1. The summed E-state index contributed by atoms with van der Waals surface area (Å²) in [7, 11) is 2.09. The van der Waals surface area contributed by atoms with E-state index in [1.807, 2.05) is 6.92 Å². The van der Waals surface area contributed by atoms with Crippen molar-refractivity contribution in [1.82, 2.24) is 0 Å². The summed E-state index contributed by atoms with van der Waals surface area (Å²) in [6.07, 6.45) is 0. The van der Waals surface area contributed by atoms with Gasteiger partial charge in [-0.15, -0.1) is 12.4 Å². The third-order valence-corrected chi connectivity index (χ3v) is 2.55. The molecule has 1 aromatic carbocycles. The van der Waals surface area contributed by atoms with Crippen molar-refractivity contribution in [2.75, 3.05) is 18.5 Å². The molecule has 0 spiro atoms. The number of nitrogens with zero attached hydrogens (tertiary/aromatic N) is 1. The summed E-state index contributed by atoms with van der Waals surface area (Å²) in [5.41, 5.74) is 9.73. The van der Waals surface area contributed by atoms with Crippen molar-refractivity contribution in [1.29, 1.82) is 0 Å². The average Bonchev–Trinajstić information content (AvgIpc) is 2.08. The fourth-order valence-corrected chi connectivity index (χ4v) is 1.68. The molecule has 0 fully saturated rings. The predicted molar refractivity (Wildman–Crippen MR) is 70.1 cm³/mol. The number of likely N-dealkylation sites (N-methyl/N-ethyl adjacent to an activating group) is 1. The Balaban J connectivity index is 0.00000196. The van der Waals surface area contributed by atoms with E-state index in [1.54, 1.807) is 0 Å². The molecule has 0 heterocycles. The van der Waals surface area contributed by atoms with Crippen LogP contribution in [0.2, 0.25) is 0 Å². The molecule has 1 aromatic rings. The van der Waals surface area contributed by atoms with Crippen molar-refractivity contribution >= 4 is 18.1 Å². The smallest absolute Gasteiger partial charge is 0.0396 e. The fourth-order valence-electron chi connectivity index (χ4n) is 1.68. The van der Waals surface area contributed by atoms with Crippen LogP contribution in [0.5, 0.6) is 0 Å². The summed E-state index contributed by atoms with van der Waals surface area (Å²) in [6.45, 7) is 7.22. The Morgan fingerprint density at radius 1 is 1.33 bits per heavy atom. The number of aryl methyl sites for hydroxylation is 1. The molecule has 3 heteroatoms. The van der Waals surface area contributed by atoms with Gasteiger partial charge in [0.2, 0.25) is 0 Å². The number of benzene rings is 1. The number of hydrogen-bond donors (Lipinski definition) is 1. The van der Waals surface area contributed by atoms with Crippen molar-refractivity contribution in [2.45, 2.75) is 26.8 Å². The standard InChI is InChI=1S/C12H20N2.ClH/c1-9-6-5-7-12(11(9)3)14(4)8-10(2)13;/h5-7,10H,8,13H2,1-4H3;1H. The first-order chi connectivity index (χ1) is 6.52. The van der Waals surface area contributed by atoms with Gasteiger partial charge >= 0.3 is 0 Å². The molecule has 0 aromatic heterocycles. The third-order valence-electron chi connectivity index (χ3n) is 2.55. The van der Waals surface area contributed by atoms with Crippen molar-refractivity contribution in [3.8, 4) is 0 Å². The number of hydrogen-bond acceptors (Lipinski definition) is 2. The fraction of sp³-hybridized carbons (Fsp3) is 0.500. The molecule has 2 nitrogen and oxygen atoms in total. The lowest BCUT2D eigenvalue weighted by Crippen LogP contribution is -2.33. The summed E-state index contributed by atoms with van der Waals surface area (Å²) in [6, 6.07) is 6.58. The van der Waals surface area contributed by atoms with Crippen LogP contribution in [-0.2, 0) is 0 Å². The summed E-state index contributed by atoms with van der Waals surface area (Å²) >= 11 is 0. The molecule has 86 valence electrons. The average molecular weight is 229 g/mol. The van der Waals surface area contributed by atoms with Gasteiger partial charge in [0.05, 0.1) is 0 Å². The van der Waals surface area contributed by atoms with Crippen LogP contribution in [0.15, 0.2) is 18.2 Å². The van der Waals surface area contributed by atoms with Crippen LogP contribution in [0.25, 0.3) is 0 Å². The number of rotatable bonds is 3. The van der Waals surface area contributed by atoms with Gasteiger partial charge in [-0.05, 0) is 38.0 Å². The van der Waals surface area contributed by atoms with Gasteiger partial charge < -0.3 is 10.6 Å². The molecule has 15 heavy (non-hydrogen) atoms. The van der Waals surface area contributed by atoms with Gasteiger partial charge in [0.25, 0.3) is 0 Å². The van der Waals surface area contributed by atoms with Gasteiger partial charge in [0, 0.05) is 25.3 Å².